The van der Waals surface area contributed by atoms with E-state index in [-0.39, 0.29) is 6.09 Å². The third kappa shape index (κ3) is 4.92. The van der Waals surface area contributed by atoms with Crippen LogP contribution in [0.15, 0.2) is 18.2 Å². The molecule has 0 radical (unpaired) electrons. The first-order valence-corrected chi connectivity index (χ1v) is 7.71. The van der Waals surface area contributed by atoms with E-state index in [4.69, 9.17) is 9.57 Å². The maximum atomic E-state index is 12.1. The molecule has 1 N–H and O–H groups in total. The topological polar surface area (TPSA) is 70.9 Å². The second kappa shape index (κ2) is 6.95. The molecule has 1 heterocycles. The van der Waals surface area contributed by atoms with Gasteiger partial charge in [0.05, 0.1) is 4.91 Å². The molecular weight excluding hydrogens is 298 g/mol. The van der Waals surface area contributed by atoms with Gasteiger partial charge in [-0.15, -0.1) is 0 Å². The van der Waals surface area contributed by atoms with Gasteiger partial charge < -0.3 is 15.0 Å². The Hall–Kier alpha value is -2.15. The molecule has 7 nitrogen and oxygen atoms in total. The highest BCUT2D eigenvalue weighted by molar-refractivity contribution is 5.71. The van der Waals surface area contributed by atoms with Crippen LogP contribution in [0.25, 0.3) is 0 Å². The van der Waals surface area contributed by atoms with Crippen molar-refractivity contribution in [1.29, 1.82) is 0 Å². The molecule has 1 aliphatic heterocycles. The number of rotatable bonds is 3. The Balaban J connectivity index is 2.04. The molecule has 0 atom stereocenters. The van der Waals surface area contributed by atoms with Crippen molar-refractivity contribution in [3.05, 3.63) is 28.7 Å². The number of aryl methyl sites for hydroxylation is 1. The molecule has 1 saturated heterocycles. The second-order valence-corrected chi connectivity index (χ2v) is 6.51. The molecule has 1 aromatic carbocycles. The van der Waals surface area contributed by atoms with E-state index >= 15 is 0 Å². The minimum Gasteiger partial charge on any atom is -0.410 e. The normalized spacial score (nSPS) is 15.2. The molecule has 7 heteroatoms. The Bertz CT molecular complexity index is 589. The fourth-order valence-electron chi connectivity index (χ4n) is 2.21. The fraction of sp³-hybridized carbons (Fsp3) is 0.562. The SMILES string of the molecule is Cc1cc(OC(=O)N2CCNCC2)ccc1[N+](=O)OC(C)(C)C. The minimum atomic E-state index is -0.582. The number of carbonyl (C=O) groups excluding carboxylic acids is 1. The number of hydrogen-bond donors (Lipinski definition) is 1. The highest BCUT2D eigenvalue weighted by Crippen LogP contribution is 2.25. The first-order chi connectivity index (χ1) is 10.8. The van der Waals surface area contributed by atoms with Crippen molar-refractivity contribution in [2.45, 2.75) is 33.3 Å². The van der Waals surface area contributed by atoms with Crippen LogP contribution >= 0.6 is 0 Å². The summed E-state index contributed by atoms with van der Waals surface area (Å²) in [5.74, 6) is 0.416. The van der Waals surface area contributed by atoms with Crippen molar-refractivity contribution in [3.8, 4) is 5.75 Å². The summed E-state index contributed by atoms with van der Waals surface area (Å²) in [6.07, 6.45) is -0.372. The van der Waals surface area contributed by atoms with E-state index in [2.05, 4.69) is 5.32 Å². The summed E-state index contributed by atoms with van der Waals surface area (Å²) in [4.78, 5) is 31.5. The quantitative estimate of drug-likeness (QED) is 0.866. The van der Waals surface area contributed by atoms with Gasteiger partial charge in [0.15, 0.2) is 5.60 Å². The predicted molar refractivity (Wildman–Crippen MR) is 85.8 cm³/mol. The van der Waals surface area contributed by atoms with Crippen LogP contribution < -0.4 is 10.1 Å². The van der Waals surface area contributed by atoms with Gasteiger partial charge in [0.2, 0.25) is 0 Å². The van der Waals surface area contributed by atoms with Crippen molar-refractivity contribution in [2.24, 2.45) is 0 Å². The van der Waals surface area contributed by atoms with Gasteiger partial charge in [0.1, 0.15) is 5.75 Å². The smallest absolute Gasteiger partial charge is 0.410 e. The molecule has 0 bridgehead atoms. The molecule has 23 heavy (non-hydrogen) atoms. The molecule has 2 rings (SSSR count). The number of nitrogens with one attached hydrogen (secondary N) is 1. The molecule has 1 amide bonds. The summed E-state index contributed by atoms with van der Waals surface area (Å²) < 4.78 is 5.37. The van der Waals surface area contributed by atoms with Crippen LogP contribution in [0.3, 0.4) is 0 Å². The number of carbonyl (C=O) groups is 1. The van der Waals surface area contributed by atoms with Crippen molar-refractivity contribution >= 4 is 11.8 Å². The fourth-order valence-corrected chi connectivity index (χ4v) is 2.21. The van der Waals surface area contributed by atoms with Crippen LogP contribution in [-0.4, -0.2) is 47.7 Å². The maximum Gasteiger partial charge on any atom is 0.415 e. The summed E-state index contributed by atoms with van der Waals surface area (Å²) in [5, 5.41) is 3.18. The molecule has 1 aliphatic rings. The van der Waals surface area contributed by atoms with E-state index in [1.165, 1.54) is 0 Å². The van der Waals surface area contributed by atoms with Gasteiger partial charge in [0.25, 0.3) is 4.92 Å². The molecular formula is C16H24N3O4+. The van der Waals surface area contributed by atoms with Gasteiger partial charge in [-0.05, 0) is 39.8 Å². The van der Waals surface area contributed by atoms with E-state index in [1.54, 1.807) is 50.8 Å². The minimum absolute atomic E-state index is 0.372. The van der Waals surface area contributed by atoms with E-state index in [0.29, 0.717) is 35.0 Å². The van der Waals surface area contributed by atoms with Crippen molar-refractivity contribution in [3.63, 3.8) is 0 Å². The van der Waals surface area contributed by atoms with Gasteiger partial charge in [-0.2, -0.15) is 0 Å². The van der Waals surface area contributed by atoms with Gasteiger partial charge in [-0.25, -0.2) is 9.63 Å². The Labute approximate surface area is 136 Å². The van der Waals surface area contributed by atoms with Crippen LogP contribution in [0.4, 0.5) is 10.5 Å². The summed E-state index contributed by atoms with van der Waals surface area (Å²) in [6, 6.07) is 4.85. The second-order valence-electron chi connectivity index (χ2n) is 6.51. The average molecular weight is 322 g/mol. The lowest BCUT2D eigenvalue weighted by Crippen LogP contribution is -2.47. The lowest BCUT2D eigenvalue weighted by molar-refractivity contribution is -0.766. The number of nitrogens with zero attached hydrogens (tertiary/aromatic N) is 2. The number of ether oxygens (including phenoxy) is 1. The van der Waals surface area contributed by atoms with E-state index in [1.807, 2.05) is 0 Å². The average Bonchev–Trinajstić information content (AvgIpc) is 2.46. The molecule has 1 fully saturated rings. The summed E-state index contributed by atoms with van der Waals surface area (Å²) >= 11 is 0. The third-order valence-electron chi connectivity index (χ3n) is 3.30. The monoisotopic (exact) mass is 322 g/mol. The van der Waals surface area contributed by atoms with Crippen LogP contribution in [0, 0.1) is 11.8 Å². The van der Waals surface area contributed by atoms with Crippen molar-refractivity contribution < 1.29 is 19.3 Å². The Kier molecular flexibility index (Phi) is 5.20. The standard InChI is InChI=1S/C16H24N3O4/c1-12-11-13(22-15(20)18-9-7-17-8-10-18)5-6-14(12)19(21)23-16(2,3)4/h5-6,11,17H,7-10H2,1-4H3/q+1. The summed E-state index contributed by atoms with van der Waals surface area (Å²) in [5.41, 5.74) is 0.485. The van der Waals surface area contributed by atoms with E-state index < -0.39 is 5.60 Å². The number of piperazine rings is 1. The van der Waals surface area contributed by atoms with Gasteiger partial charge in [-0.1, -0.05) is 0 Å². The molecule has 1 aromatic rings. The highest BCUT2D eigenvalue weighted by atomic mass is 16.8. The van der Waals surface area contributed by atoms with E-state index in [9.17, 15) is 9.70 Å². The third-order valence-corrected chi connectivity index (χ3v) is 3.30. The van der Waals surface area contributed by atoms with Crippen LogP contribution in [0.5, 0.6) is 5.75 Å². The number of benzene rings is 1. The van der Waals surface area contributed by atoms with Crippen molar-refractivity contribution in [2.75, 3.05) is 26.2 Å². The molecule has 0 saturated carbocycles. The largest absolute Gasteiger partial charge is 0.415 e. The van der Waals surface area contributed by atoms with Crippen LogP contribution in [0.2, 0.25) is 0 Å². The molecule has 0 aliphatic carbocycles. The highest BCUT2D eigenvalue weighted by Gasteiger charge is 2.28. The Morgan fingerprint density at radius 2 is 1.91 bits per heavy atom. The van der Waals surface area contributed by atoms with Crippen molar-refractivity contribution in [1.82, 2.24) is 10.2 Å². The Morgan fingerprint density at radius 3 is 2.48 bits per heavy atom. The predicted octanol–water partition coefficient (Wildman–Crippen LogP) is 2.54. The molecule has 0 unspecified atom stereocenters. The number of hydrogen-bond acceptors (Lipinski definition) is 5. The van der Waals surface area contributed by atoms with Gasteiger partial charge >= 0.3 is 11.8 Å². The van der Waals surface area contributed by atoms with E-state index in [0.717, 1.165) is 13.1 Å². The van der Waals surface area contributed by atoms with Gasteiger partial charge in [0, 0.05) is 37.8 Å². The van der Waals surface area contributed by atoms with Crippen LogP contribution in [-0.2, 0) is 4.84 Å². The zero-order valence-electron chi connectivity index (χ0n) is 14.1. The first kappa shape index (κ1) is 17.2. The lowest BCUT2D eigenvalue weighted by atomic mass is 10.2. The summed E-state index contributed by atoms with van der Waals surface area (Å²) in [7, 11) is 0. The van der Waals surface area contributed by atoms with Crippen LogP contribution in [0.1, 0.15) is 26.3 Å². The van der Waals surface area contributed by atoms with Gasteiger partial charge in [-0.3, -0.25) is 0 Å². The lowest BCUT2D eigenvalue weighted by Gasteiger charge is -2.26. The molecule has 126 valence electrons. The maximum absolute atomic E-state index is 12.1. The Morgan fingerprint density at radius 1 is 1.26 bits per heavy atom. The first-order valence-electron chi connectivity index (χ1n) is 7.71. The summed E-state index contributed by atoms with van der Waals surface area (Å²) in [6.45, 7) is 9.97. The molecule has 0 aromatic heterocycles. The molecule has 0 spiro atoms. The zero-order chi connectivity index (χ0) is 17.0. The zero-order valence-corrected chi connectivity index (χ0v) is 14.1. The number of amides is 1.